The number of nitriles is 1. The molecule has 6 nitrogen and oxygen atoms in total. The molecular formula is C24H18Cl2F4N4O2. The van der Waals surface area contributed by atoms with Gasteiger partial charge < -0.3 is 15.1 Å². The molecule has 0 spiro atoms. The van der Waals surface area contributed by atoms with Crippen LogP contribution in [0.25, 0.3) is 0 Å². The Balaban J connectivity index is 1.35. The summed E-state index contributed by atoms with van der Waals surface area (Å²) in [5.74, 6) is -1.35. The van der Waals surface area contributed by atoms with Crippen LogP contribution in [0, 0.1) is 17.1 Å². The number of nitrogens with one attached hydrogen (secondary N) is 1. The van der Waals surface area contributed by atoms with E-state index in [9.17, 15) is 27.6 Å². The van der Waals surface area contributed by atoms with E-state index in [4.69, 9.17) is 28.0 Å². The number of nitrogens with zero attached hydrogens (tertiary/aromatic N) is 3. The minimum atomic E-state index is -4.90. The van der Waals surface area contributed by atoms with Crippen LogP contribution >= 0.6 is 23.2 Å². The number of hydrogen-bond acceptors (Lipinski definition) is 5. The zero-order valence-corrected chi connectivity index (χ0v) is 20.1. The van der Waals surface area contributed by atoms with Crippen LogP contribution < -0.4 is 5.32 Å². The lowest BCUT2D eigenvalue weighted by molar-refractivity contribution is -0.275. The number of rotatable bonds is 3. The molecule has 2 aromatic carbocycles. The van der Waals surface area contributed by atoms with E-state index in [1.165, 1.54) is 0 Å². The molecule has 0 bridgehead atoms. The molecule has 1 fully saturated rings. The number of hydrogen-bond donors (Lipinski definition) is 1. The molecule has 36 heavy (non-hydrogen) atoms. The van der Waals surface area contributed by atoms with Crippen molar-refractivity contribution in [3.63, 3.8) is 0 Å². The lowest BCUT2D eigenvalue weighted by Gasteiger charge is -2.35. The molecule has 1 aliphatic carbocycles. The Morgan fingerprint density at radius 3 is 2.39 bits per heavy atom. The number of halogens is 6. The maximum Gasteiger partial charge on any atom is 0.435 e. The van der Waals surface area contributed by atoms with Crippen molar-refractivity contribution in [2.45, 2.75) is 56.1 Å². The summed E-state index contributed by atoms with van der Waals surface area (Å²) in [4.78, 5) is 19.3. The monoisotopic (exact) mass is 540 g/mol. The van der Waals surface area contributed by atoms with Gasteiger partial charge in [-0.3, -0.25) is 4.79 Å². The summed E-state index contributed by atoms with van der Waals surface area (Å²) in [6, 6.07) is 8.86. The van der Waals surface area contributed by atoms with Crippen LogP contribution in [-0.2, 0) is 23.5 Å². The topological polar surface area (TPSA) is 77.7 Å². The Morgan fingerprint density at radius 1 is 1.14 bits per heavy atom. The van der Waals surface area contributed by atoms with E-state index in [-0.39, 0.29) is 24.8 Å². The zero-order chi connectivity index (χ0) is 25.9. The van der Waals surface area contributed by atoms with Gasteiger partial charge in [-0.25, -0.2) is 4.39 Å². The van der Waals surface area contributed by atoms with Crippen molar-refractivity contribution >= 4 is 34.9 Å². The maximum atomic E-state index is 14.3. The van der Waals surface area contributed by atoms with Crippen LogP contribution in [0.5, 0.6) is 0 Å². The third-order valence-corrected chi connectivity index (χ3v) is 7.50. The second-order valence-electron chi connectivity index (χ2n) is 9.20. The smallest absolute Gasteiger partial charge is 0.372 e. The number of amidine groups is 1. The SMILES string of the molecule is N#CC1(NC(=O)c2ccc3c(c2)CN(C2=NOC(c4cc(Cl)c(F)c(Cl)c4)(C(F)(F)F)C2)C3)CCC1. The fourth-order valence-electron chi connectivity index (χ4n) is 4.65. The van der Waals surface area contributed by atoms with Gasteiger partial charge >= 0.3 is 6.18 Å². The second kappa shape index (κ2) is 8.53. The van der Waals surface area contributed by atoms with Crippen molar-refractivity contribution in [1.29, 1.82) is 5.26 Å². The van der Waals surface area contributed by atoms with Gasteiger partial charge in [-0.2, -0.15) is 18.4 Å². The van der Waals surface area contributed by atoms with Crippen LogP contribution in [0.1, 0.15) is 52.7 Å². The van der Waals surface area contributed by atoms with E-state index >= 15 is 0 Å². The standard InChI is InChI=1S/C24H18Cl2F4N4O2/c25-17-7-16(8-18(26)20(17)27)23(24(28,29)30)9-19(33-36-23)34-10-14-3-2-13(6-15(14)11-34)21(35)32-22(12-31)4-1-5-22/h2-3,6-8H,1,4-5,9-11H2,(H,32,35). The number of amides is 1. The zero-order valence-electron chi connectivity index (χ0n) is 18.6. The molecule has 1 unspecified atom stereocenters. The molecule has 3 aliphatic rings. The first-order chi connectivity index (χ1) is 17.0. The van der Waals surface area contributed by atoms with Gasteiger partial charge in [0, 0.05) is 24.2 Å². The molecule has 188 valence electrons. The molecule has 1 atom stereocenters. The summed E-state index contributed by atoms with van der Waals surface area (Å²) in [7, 11) is 0. The highest BCUT2D eigenvalue weighted by molar-refractivity contribution is 6.35. The van der Waals surface area contributed by atoms with Gasteiger partial charge in [-0.15, -0.1) is 0 Å². The Labute approximate surface area is 213 Å². The molecule has 2 heterocycles. The van der Waals surface area contributed by atoms with Gasteiger partial charge in [-0.05, 0) is 54.7 Å². The quantitative estimate of drug-likeness (QED) is 0.393. The molecule has 5 rings (SSSR count). The fraction of sp³-hybridized carbons (Fsp3) is 0.375. The number of fused-ring (bicyclic) bond motifs is 1. The summed E-state index contributed by atoms with van der Waals surface area (Å²) in [5.41, 5.74) is -2.24. The molecular weight excluding hydrogens is 523 g/mol. The average Bonchev–Trinajstić information content (AvgIpc) is 3.44. The molecule has 1 N–H and O–H groups in total. The molecule has 0 radical (unpaired) electrons. The highest BCUT2D eigenvalue weighted by Gasteiger charge is 2.63. The molecule has 0 saturated heterocycles. The molecule has 2 aromatic rings. The normalized spacial score (nSPS) is 22.2. The Morgan fingerprint density at radius 2 is 1.81 bits per heavy atom. The summed E-state index contributed by atoms with van der Waals surface area (Å²) in [6.07, 6.45) is -3.51. The van der Waals surface area contributed by atoms with Gasteiger partial charge in [0.05, 0.1) is 22.5 Å². The van der Waals surface area contributed by atoms with Crippen LogP contribution in [-0.4, -0.2) is 28.4 Å². The van der Waals surface area contributed by atoms with Gasteiger partial charge in [0.25, 0.3) is 11.5 Å². The highest BCUT2D eigenvalue weighted by Crippen LogP contribution is 2.50. The number of carbonyl (C=O) groups excluding carboxylic acids is 1. The minimum Gasteiger partial charge on any atom is -0.372 e. The summed E-state index contributed by atoms with van der Waals surface area (Å²) < 4.78 is 56.6. The minimum absolute atomic E-state index is 0.0454. The van der Waals surface area contributed by atoms with Crippen molar-refractivity contribution in [2.75, 3.05) is 0 Å². The molecule has 0 aromatic heterocycles. The summed E-state index contributed by atoms with van der Waals surface area (Å²) >= 11 is 11.5. The fourth-order valence-corrected chi connectivity index (χ4v) is 5.14. The van der Waals surface area contributed by atoms with Gasteiger partial charge in [0.15, 0.2) is 5.82 Å². The van der Waals surface area contributed by atoms with Crippen molar-refractivity contribution in [2.24, 2.45) is 5.16 Å². The maximum absolute atomic E-state index is 14.3. The third kappa shape index (κ3) is 3.95. The van der Waals surface area contributed by atoms with Crippen LogP contribution in [0.3, 0.4) is 0 Å². The predicted octanol–water partition coefficient (Wildman–Crippen LogP) is 5.82. The van der Waals surface area contributed by atoms with Crippen molar-refractivity contribution < 1.29 is 27.2 Å². The number of carbonyl (C=O) groups is 1. The van der Waals surface area contributed by atoms with Crippen LogP contribution in [0.2, 0.25) is 10.0 Å². The van der Waals surface area contributed by atoms with Crippen LogP contribution in [0.15, 0.2) is 35.5 Å². The Hall–Kier alpha value is -3.03. The highest BCUT2D eigenvalue weighted by atomic mass is 35.5. The predicted molar refractivity (Wildman–Crippen MR) is 123 cm³/mol. The number of oxime groups is 1. The molecule has 12 heteroatoms. The van der Waals surface area contributed by atoms with E-state index in [1.54, 1.807) is 23.1 Å². The van der Waals surface area contributed by atoms with E-state index in [1.807, 2.05) is 0 Å². The average molecular weight is 541 g/mol. The van der Waals surface area contributed by atoms with Crippen molar-refractivity contribution in [1.82, 2.24) is 10.2 Å². The first-order valence-electron chi connectivity index (χ1n) is 11.0. The Bertz CT molecular complexity index is 1310. The first kappa shape index (κ1) is 24.7. The van der Waals surface area contributed by atoms with Gasteiger partial charge in [0.2, 0.25) is 0 Å². The Kier molecular flexibility index (Phi) is 5.84. The van der Waals surface area contributed by atoms with Gasteiger partial charge in [0.1, 0.15) is 11.4 Å². The van der Waals surface area contributed by atoms with E-state index in [0.29, 0.717) is 18.4 Å². The third-order valence-electron chi connectivity index (χ3n) is 6.95. The lowest BCUT2D eigenvalue weighted by Crippen LogP contribution is -2.52. The largest absolute Gasteiger partial charge is 0.435 e. The van der Waals surface area contributed by atoms with Crippen molar-refractivity contribution in [3.8, 4) is 6.07 Å². The first-order valence-corrected chi connectivity index (χ1v) is 11.8. The lowest BCUT2D eigenvalue weighted by atomic mass is 9.78. The summed E-state index contributed by atoms with van der Waals surface area (Å²) in [6.45, 7) is 0.474. The van der Waals surface area contributed by atoms with Gasteiger partial charge in [-0.1, -0.05) is 34.4 Å². The number of alkyl halides is 3. The molecule has 1 amide bonds. The summed E-state index contributed by atoms with van der Waals surface area (Å²) in [5, 5.41) is 14.8. The van der Waals surface area contributed by atoms with E-state index < -0.39 is 45.2 Å². The number of benzene rings is 2. The van der Waals surface area contributed by atoms with E-state index in [0.717, 1.165) is 29.7 Å². The second-order valence-corrected chi connectivity index (χ2v) is 10.0. The van der Waals surface area contributed by atoms with Crippen LogP contribution in [0.4, 0.5) is 17.6 Å². The van der Waals surface area contributed by atoms with E-state index in [2.05, 4.69) is 16.5 Å². The molecule has 2 aliphatic heterocycles. The van der Waals surface area contributed by atoms with Crippen molar-refractivity contribution in [3.05, 3.63) is 68.4 Å². The molecule has 1 saturated carbocycles.